The van der Waals surface area contributed by atoms with Gasteiger partial charge in [0.15, 0.2) is 0 Å². The van der Waals surface area contributed by atoms with Crippen molar-refractivity contribution in [3.05, 3.63) is 42.5 Å². The van der Waals surface area contributed by atoms with Crippen LogP contribution in [0.4, 0.5) is 0 Å². The van der Waals surface area contributed by atoms with Gasteiger partial charge in [-0.2, -0.15) is 0 Å². The topological polar surface area (TPSA) is 26.3 Å². The number of hydrogen-bond donors (Lipinski definition) is 0. The Morgan fingerprint density at radius 1 is 1.23 bits per heavy atom. The van der Waals surface area contributed by atoms with Crippen molar-refractivity contribution in [3.63, 3.8) is 0 Å². The normalized spacial score (nSPS) is 10.5. The third-order valence-corrected chi connectivity index (χ3v) is 2.07. The van der Waals surface area contributed by atoms with E-state index in [1.54, 1.807) is 12.1 Å². The van der Waals surface area contributed by atoms with Crippen LogP contribution in [0.3, 0.4) is 0 Å². The Bertz CT molecular complexity index is 434. The van der Waals surface area contributed by atoms with E-state index in [4.69, 9.17) is 4.52 Å². The highest BCUT2D eigenvalue weighted by Crippen LogP contribution is 2.26. The molecule has 2 rings (SSSR count). The summed E-state index contributed by atoms with van der Waals surface area (Å²) in [6.45, 7) is 0. The molecule has 0 aliphatic heterocycles. The molecule has 0 atom stereocenters. The van der Waals surface area contributed by atoms with Gasteiger partial charge in [-0.25, -0.2) is 4.57 Å². The van der Waals surface area contributed by atoms with Crippen molar-refractivity contribution in [2.45, 2.75) is 0 Å². The van der Waals surface area contributed by atoms with Gasteiger partial charge in [0.05, 0.1) is 0 Å². The molecule has 0 saturated heterocycles. The predicted molar refractivity (Wildman–Crippen MR) is 51.0 cm³/mol. The van der Waals surface area contributed by atoms with Crippen LogP contribution in [0.15, 0.2) is 36.4 Å². The molecule has 0 spiro atoms. The highest BCUT2D eigenvalue weighted by molar-refractivity contribution is 7.17. The van der Waals surface area contributed by atoms with E-state index in [9.17, 15) is 4.57 Å². The van der Waals surface area contributed by atoms with Crippen LogP contribution in [0.25, 0.3) is 10.8 Å². The van der Waals surface area contributed by atoms with Gasteiger partial charge in [-0.3, -0.25) is 0 Å². The van der Waals surface area contributed by atoms with E-state index in [-0.39, 0.29) is 8.69 Å². The smallest absolute Gasteiger partial charge is 0.395 e. The summed E-state index contributed by atoms with van der Waals surface area (Å²) in [5.41, 5.74) is 0. The molecular weight excluding hydrogens is 183 g/mol. The zero-order chi connectivity index (χ0) is 9.10. The van der Waals surface area contributed by atoms with Crippen molar-refractivity contribution < 1.29 is 9.09 Å². The van der Waals surface area contributed by atoms with Crippen LogP contribution in [-0.2, 0) is 4.57 Å². The minimum absolute atomic E-state index is 0.330. The molecule has 0 N–H and O–H groups in total. The first kappa shape index (κ1) is 8.21. The molecule has 0 fully saturated rings. The van der Waals surface area contributed by atoms with Gasteiger partial charge in [0.1, 0.15) is 5.75 Å². The van der Waals surface area contributed by atoms with Crippen molar-refractivity contribution >= 4 is 19.5 Å². The Kier molecular flexibility index (Phi) is 2.24. The second-order valence-electron chi connectivity index (χ2n) is 2.55. The average Bonchev–Trinajstić information content (AvgIpc) is 2.19. The molecular formula is C10H6O2P. The van der Waals surface area contributed by atoms with Gasteiger partial charge in [0.25, 0.3) is 0 Å². The summed E-state index contributed by atoms with van der Waals surface area (Å²) in [4.78, 5) is 0. The Balaban J connectivity index is 2.68. The third kappa shape index (κ3) is 1.53. The van der Waals surface area contributed by atoms with Crippen LogP contribution < -0.4 is 4.52 Å². The van der Waals surface area contributed by atoms with Crippen LogP contribution in [0.2, 0.25) is 0 Å². The average molecular weight is 189 g/mol. The number of fused-ring (bicyclic) bond motifs is 1. The number of hydrogen-bond acceptors (Lipinski definition) is 2. The highest BCUT2D eigenvalue weighted by atomic mass is 31.1. The molecule has 2 aromatic carbocycles. The van der Waals surface area contributed by atoms with E-state index in [0.717, 1.165) is 10.8 Å². The van der Waals surface area contributed by atoms with E-state index >= 15 is 0 Å². The molecule has 1 radical (unpaired) electrons. The fourth-order valence-electron chi connectivity index (χ4n) is 1.24. The monoisotopic (exact) mass is 189 g/mol. The van der Waals surface area contributed by atoms with E-state index in [1.165, 1.54) is 0 Å². The fourth-order valence-corrected chi connectivity index (χ4v) is 1.48. The minimum atomic E-state index is -0.330. The fraction of sp³-hybridized carbons (Fsp3) is 0. The Labute approximate surface area is 77.4 Å². The lowest BCUT2D eigenvalue weighted by Gasteiger charge is -2.01. The van der Waals surface area contributed by atoms with Crippen LogP contribution in [-0.4, -0.2) is 0 Å². The third-order valence-electron chi connectivity index (χ3n) is 1.80. The molecule has 0 aromatic heterocycles. The summed E-state index contributed by atoms with van der Waals surface area (Å²) in [7, 11) is -0.330. The predicted octanol–water partition coefficient (Wildman–Crippen LogP) is 3.23. The maximum atomic E-state index is 10.3. The largest absolute Gasteiger partial charge is 0.407 e. The van der Waals surface area contributed by atoms with Crippen LogP contribution in [0.1, 0.15) is 0 Å². The standard InChI is InChI=1S/C10H6O2P/c11-13-12-10-7-3-5-8-4-1-2-6-9(8)10/h1-4,6-7H. The van der Waals surface area contributed by atoms with E-state index in [1.807, 2.05) is 24.3 Å². The Hall–Kier alpha value is -1.40. The van der Waals surface area contributed by atoms with Crippen molar-refractivity contribution in [1.82, 2.24) is 0 Å². The zero-order valence-electron chi connectivity index (χ0n) is 6.73. The minimum Gasteiger partial charge on any atom is -0.407 e. The molecule has 13 heavy (non-hydrogen) atoms. The van der Waals surface area contributed by atoms with Gasteiger partial charge in [0, 0.05) is 5.39 Å². The maximum absolute atomic E-state index is 10.3. The zero-order valence-corrected chi connectivity index (χ0v) is 7.62. The van der Waals surface area contributed by atoms with Crippen molar-refractivity contribution in [1.29, 1.82) is 0 Å². The lowest BCUT2D eigenvalue weighted by atomic mass is 10.1. The summed E-state index contributed by atoms with van der Waals surface area (Å²) >= 11 is 0. The summed E-state index contributed by atoms with van der Waals surface area (Å²) in [5.74, 6) is 0.617. The van der Waals surface area contributed by atoms with E-state index in [2.05, 4.69) is 6.07 Å². The summed E-state index contributed by atoms with van der Waals surface area (Å²) in [6, 6.07) is 14.2. The van der Waals surface area contributed by atoms with E-state index in [0.29, 0.717) is 5.75 Å². The molecule has 63 valence electrons. The molecule has 0 heterocycles. The highest BCUT2D eigenvalue weighted by Gasteiger charge is 1.99. The SMILES string of the molecule is O=POc1cc[c]c2ccccc12. The molecule has 2 nitrogen and oxygen atoms in total. The molecule has 0 unspecified atom stereocenters. The first-order valence-electron chi connectivity index (χ1n) is 3.81. The molecule has 3 heteroatoms. The van der Waals surface area contributed by atoms with Gasteiger partial charge in [-0.05, 0) is 23.6 Å². The van der Waals surface area contributed by atoms with Gasteiger partial charge in [-0.15, -0.1) is 0 Å². The molecule has 0 aliphatic rings. The van der Waals surface area contributed by atoms with Crippen LogP contribution in [0.5, 0.6) is 5.75 Å². The molecule has 0 amide bonds. The lowest BCUT2D eigenvalue weighted by Crippen LogP contribution is -1.78. The lowest BCUT2D eigenvalue weighted by molar-refractivity contribution is 0.527. The Morgan fingerprint density at radius 2 is 2.08 bits per heavy atom. The van der Waals surface area contributed by atoms with Gasteiger partial charge in [0.2, 0.25) is 0 Å². The first-order valence-corrected chi connectivity index (χ1v) is 4.54. The van der Waals surface area contributed by atoms with E-state index < -0.39 is 0 Å². The maximum Gasteiger partial charge on any atom is 0.395 e. The van der Waals surface area contributed by atoms with Crippen molar-refractivity contribution in [2.75, 3.05) is 0 Å². The molecule has 0 bridgehead atoms. The Morgan fingerprint density at radius 3 is 2.92 bits per heavy atom. The number of benzene rings is 2. The van der Waals surface area contributed by atoms with Crippen LogP contribution in [0, 0.1) is 6.07 Å². The summed E-state index contributed by atoms with van der Waals surface area (Å²) < 4.78 is 15.2. The van der Waals surface area contributed by atoms with Crippen molar-refractivity contribution in [3.8, 4) is 5.75 Å². The van der Waals surface area contributed by atoms with Crippen LogP contribution >= 0.6 is 8.69 Å². The van der Waals surface area contributed by atoms with Gasteiger partial charge < -0.3 is 4.52 Å². The molecule has 0 saturated carbocycles. The summed E-state index contributed by atoms with van der Waals surface area (Å²) in [5, 5.41) is 1.89. The summed E-state index contributed by atoms with van der Waals surface area (Å²) in [6.07, 6.45) is 0. The number of rotatable bonds is 2. The molecule has 2 aromatic rings. The van der Waals surface area contributed by atoms with Gasteiger partial charge >= 0.3 is 8.69 Å². The first-order chi connectivity index (χ1) is 6.42. The second kappa shape index (κ2) is 3.55. The molecule has 0 aliphatic carbocycles. The van der Waals surface area contributed by atoms with Gasteiger partial charge in [-0.1, -0.05) is 24.3 Å². The quantitative estimate of drug-likeness (QED) is 0.678. The second-order valence-corrected chi connectivity index (χ2v) is 2.88. The van der Waals surface area contributed by atoms with Crippen molar-refractivity contribution in [2.24, 2.45) is 0 Å².